The van der Waals surface area contributed by atoms with E-state index in [1.165, 1.54) is 19.3 Å². The summed E-state index contributed by atoms with van der Waals surface area (Å²) in [5.41, 5.74) is 0.304. The van der Waals surface area contributed by atoms with Gasteiger partial charge in [-0.1, -0.05) is 13.8 Å². The molecule has 4 saturated carbocycles. The topological polar surface area (TPSA) is 60.7 Å². The first-order valence-corrected chi connectivity index (χ1v) is 10.3. The lowest BCUT2D eigenvalue weighted by molar-refractivity contribution is -0.181. The number of hydrogen-bond acceptors (Lipinski definition) is 3. The molecule has 0 spiro atoms. The second-order valence-corrected chi connectivity index (χ2v) is 10.2. The standard InChI is InChI=1S/C21H36O3/c1-12(22)16-6-7-17-15-5-4-13-10-14(23)8-9-20(13,2)19(15)18(24)11-21(16,17)3/h12-19,22-24H,4-11H2,1-3H3/t12-,13+,14+,15-,16+,17-,18-,19+,20-,21+/m0/s1. The summed E-state index contributed by atoms with van der Waals surface area (Å²) in [6.45, 7) is 6.70. The van der Waals surface area contributed by atoms with Crippen LogP contribution in [0, 0.1) is 40.4 Å². The molecule has 0 aliphatic heterocycles. The Morgan fingerprint density at radius 1 is 0.958 bits per heavy atom. The zero-order chi connectivity index (χ0) is 17.3. The van der Waals surface area contributed by atoms with Crippen LogP contribution in [0.5, 0.6) is 0 Å². The molecule has 4 aliphatic carbocycles. The van der Waals surface area contributed by atoms with Crippen molar-refractivity contribution in [1.29, 1.82) is 0 Å². The lowest BCUT2D eigenvalue weighted by atomic mass is 9.44. The Kier molecular flexibility index (Phi) is 4.10. The Balaban J connectivity index is 1.66. The highest BCUT2D eigenvalue weighted by Gasteiger charge is 2.63. The summed E-state index contributed by atoms with van der Waals surface area (Å²) in [6.07, 6.45) is 7.91. The van der Waals surface area contributed by atoms with E-state index in [2.05, 4.69) is 13.8 Å². The minimum atomic E-state index is -0.263. The van der Waals surface area contributed by atoms with Crippen LogP contribution in [0.4, 0.5) is 0 Å². The molecule has 0 aromatic carbocycles. The summed E-state index contributed by atoms with van der Waals surface area (Å²) < 4.78 is 0. The van der Waals surface area contributed by atoms with Gasteiger partial charge in [0.25, 0.3) is 0 Å². The highest BCUT2D eigenvalue weighted by molar-refractivity contribution is 5.12. The molecule has 4 aliphatic rings. The Labute approximate surface area is 146 Å². The van der Waals surface area contributed by atoms with Gasteiger partial charge in [0.2, 0.25) is 0 Å². The molecular weight excluding hydrogens is 300 g/mol. The van der Waals surface area contributed by atoms with E-state index >= 15 is 0 Å². The zero-order valence-corrected chi connectivity index (χ0v) is 15.6. The Morgan fingerprint density at radius 3 is 2.42 bits per heavy atom. The number of hydrogen-bond donors (Lipinski definition) is 3. The van der Waals surface area contributed by atoms with E-state index in [0.29, 0.717) is 29.6 Å². The van der Waals surface area contributed by atoms with Gasteiger partial charge in [0.1, 0.15) is 0 Å². The number of aliphatic hydroxyl groups excluding tert-OH is 3. The molecule has 0 bridgehead atoms. The van der Waals surface area contributed by atoms with E-state index in [1.54, 1.807) is 0 Å². The van der Waals surface area contributed by atoms with Crippen molar-refractivity contribution in [1.82, 2.24) is 0 Å². The minimum absolute atomic E-state index is 0.103. The summed E-state index contributed by atoms with van der Waals surface area (Å²) in [6, 6.07) is 0. The quantitative estimate of drug-likeness (QED) is 0.688. The third kappa shape index (κ3) is 2.27. The molecule has 0 radical (unpaired) electrons. The summed E-state index contributed by atoms with van der Waals surface area (Å²) in [4.78, 5) is 0. The van der Waals surface area contributed by atoms with Gasteiger partial charge in [-0.05, 0) is 98.7 Å². The van der Waals surface area contributed by atoms with Gasteiger partial charge in [-0.2, -0.15) is 0 Å². The number of rotatable bonds is 1. The lowest BCUT2D eigenvalue weighted by Gasteiger charge is -2.62. The third-order valence-corrected chi connectivity index (χ3v) is 9.22. The average molecular weight is 337 g/mol. The van der Waals surface area contributed by atoms with Crippen molar-refractivity contribution in [2.45, 2.75) is 90.4 Å². The first-order valence-electron chi connectivity index (χ1n) is 10.3. The average Bonchev–Trinajstić information content (AvgIpc) is 2.84. The Morgan fingerprint density at radius 2 is 1.71 bits per heavy atom. The van der Waals surface area contributed by atoms with Crippen LogP contribution in [0.1, 0.15) is 72.1 Å². The predicted octanol–water partition coefficient (Wildman–Crippen LogP) is 3.36. The van der Waals surface area contributed by atoms with Gasteiger partial charge >= 0.3 is 0 Å². The lowest BCUT2D eigenvalue weighted by Crippen LogP contribution is -2.59. The highest BCUT2D eigenvalue weighted by atomic mass is 16.3. The van der Waals surface area contributed by atoms with Crippen LogP contribution >= 0.6 is 0 Å². The zero-order valence-electron chi connectivity index (χ0n) is 15.6. The Bertz CT molecular complexity index is 491. The first kappa shape index (κ1) is 17.3. The van der Waals surface area contributed by atoms with Gasteiger partial charge in [-0.25, -0.2) is 0 Å². The molecule has 4 fully saturated rings. The molecule has 0 unspecified atom stereocenters. The molecule has 0 saturated heterocycles. The van der Waals surface area contributed by atoms with Gasteiger partial charge in [-0.15, -0.1) is 0 Å². The van der Waals surface area contributed by atoms with Crippen LogP contribution in [0.3, 0.4) is 0 Å². The van der Waals surface area contributed by atoms with Crippen molar-refractivity contribution < 1.29 is 15.3 Å². The van der Waals surface area contributed by atoms with E-state index in [-0.39, 0.29) is 29.1 Å². The van der Waals surface area contributed by atoms with Gasteiger partial charge < -0.3 is 15.3 Å². The molecule has 3 nitrogen and oxygen atoms in total. The van der Waals surface area contributed by atoms with Crippen molar-refractivity contribution in [2.24, 2.45) is 40.4 Å². The molecule has 0 aromatic rings. The minimum Gasteiger partial charge on any atom is -0.393 e. The van der Waals surface area contributed by atoms with Gasteiger partial charge in [0.05, 0.1) is 18.3 Å². The number of fused-ring (bicyclic) bond motifs is 5. The molecule has 3 heteroatoms. The third-order valence-electron chi connectivity index (χ3n) is 9.22. The van der Waals surface area contributed by atoms with E-state index in [1.807, 2.05) is 6.92 Å². The second-order valence-electron chi connectivity index (χ2n) is 10.2. The molecule has 138 valence electrons. The normalized spacial score (nSPS) is 58.5. The molecule has 10 atom stereocenters. The summed E-state index contributed by atoms with van der Waals surface area (Å²) in [5.74, 6) is 2.59. The molecule has 3 N–H and O–H groups in total. The second kappa shape index (κ2) is 5.69. The maximum Gasteiger partial charge on any atom is 0.0581 e. The van der Waals surface area contributed by atoms with Gasteiger partial charge in [0, 0.05) is 0 Å². The van der Waals surface area contributed by atoms with Crippen LogP contribution in [-0.4, -0.2) is 33.6 Å². The molecule has 0 heterocycles. The summed E-state index contributed by atoms with van der Waals surface area (Å²) >= 11 is 0. The fourth-order valence-corrected chi connectivity index (χ4v) is 8.19. The van der Waals surface area contributed by atoms with Crippen LogP contribution in [0.15, 0.2) is 0 Å². The van der Waals surface area contributed by atoms with E-state index in [4.69, 9.17) is 0 Å². The fourth-order valence-electron chi connectivity index (χ4n) is 8.19. The Hall–Kier alpha value is -0.120. The van der Waals surface area contributed by atoms with E-state index in [0.717, 1.165) is 32.1 Å². The van der Waals surface area contributed by atoms with Gasteiger partial charge in [0.15, 0.2) is 0 Å². The molecular formula is C21H36O3. The van der Waals surface area contributed by atoms with E-state index in [9.17, 15) is 15.3 Å². The largest absolute Gasteiger partial charge is 0.393 e. The highest BCUT2D eigenvalue weighted by Crippen LogP contribution is 2.67. The van der Waals surface area contributed by atoms with Crippen molar-refractivity contribution in [3.05, 3.63) is 0 Å². The molecule has 24 heavy (non-hydrogen) atoms. The SMILES string of the molecule is C[C@H](O)[C@H]1CC[C@H]2[C@@H]3CC[C@@H]4C[C@H](O)CC[C@]4(C)[C@H]3[C@@H](O)C[C@]12C. The van der Waals surface area contributed by atoms with Crippen LogP contribution in [0.2, 0.25) is 0 Å². The molecule has 0 amide bonds. The number of aliphatic hydroxyl groups is 3. The van der Waals surface area contributed by atoms with Crippen LogP contribution < -0.4 is 0 Å². The summed E-state index contributed by atoms with van der Waals surface area (Å²) in [5, 5.41) is 31.7. The fraction of sp³-hybridized carbons (Fsp3) is 1.00. The monoisotopic (exact) mass is 336 g/mol. The molecule has 0 aromatic heterocycles. The maximum absolute atomic E-state index is 11.2. The van der Waals surface area contributed by atoms with Crippen molar-refractivity contribution in [2.75, 3.05) is 0 Å². The van der Waals surface area contributed by atoms with Crippen LogP contribution in [0.25, 0.3) is 0 Å². The molecule has 4 rings (SSSR count). The predicted molar refractivity (Wildman–Crippen MR) is 94.3 cm³/mol. The summed E-state index contributed by atoms with van der Waals surface area (Å²) in [7, 11) is 0. The van der Waals surface area contributed by atoms with Crippen LogP contribution in [-0.2, 0) is 0 Å². The van der Waals surface area contributed by atoms with Crippen molar-refractivity contribution in [3.8, 4) is 0 Å². The maximum atomic E-state index is 11.2. The van der Waals surface area contributed by atoms with Gasteiger partial charge in [-0.3, -0.25) is 0 Å². The smallest absolute Gasteiger partial charge is 0.0581 e. The first-order chi connectivity index (χ1) is 11.3. The van der Waals surface area contributed by atoms with E-state index < -0.39 is 0 Å². The van der Waals surface area contributed by atoms with Crippen molar-refractivity contribution in [3.63, 3.8) is 0 Å². The van der Waals surface area contributed by atoms with Crippen molar-refractivity contribution >= 4 is 0 Å².